The fourth-order valence-corrected chi connectivity index (χ4v) is 3.78. The fourth-order valence-electron chi connectivity index (χ4n) is 3.78. The van der Waals surface area contributed by atoms with Gasteiger partial charge in [0.05, 0.1) is 0 Å². The topological polar surface area (TPSA) is 24.1 Å². The van der Waals surface area contributed by atoms with Crippen molar-refractivity contribution >= 4 is 0 Å². The summed E-state index contributed by atoms with van der Waals surface area (Å²) in [5, 5.41) is 7.00. The minimum absolute atomic E-state index is 0.360. The molecule has 0 aliphatic rings. The van der Waals surface area contributed by atoms with Gasteiger partial charge in [-0.2, -0.15) is 0 Å². The SMILES string of the molecule is C=C(C)CCc1ccccc1.C=CC(CCc1ccccc1)NCCNC(=C)C(C)CC(C)C.CC(C)C. The first-order valence-electron chi connectivity index (χ1n) is 14.6. The smallest absolute Gasteiger partial charge is 0.0269 e. The Hall–Kier alpha value is -2.58. The monoisotopic (exact) mass is 518 g/mol. The third-order valence-corrected chi connectivity index (χ3v) is 5.86. The van der Waals surface area contributed by atoms with Crippen LogP contribution in [0.1, 0.15) is 78.9 Å². The number of benzene rings is 2. The van der Waals surface area contributed by atoms with Crippen LogP contribution >= 0.6 is 0 Å². The maximum absolute atomic E-state index is 4.16. The zero-order valence-electron chi connectivity index (χ0n) is 25.7. The normalized spacial score (nSPS) is 11.9. The number of nitrogens with one attached hydrogen (secondary N) is 2. The van der Waals surface area contributed by atoms with E-state index in [0.29, 0.717) is 17.9 Å². The first-order chi connectivity index (χ1) is 18.0. The van der Waals surface area contributed by atoms with Gasteiger partial charge in [0, 0.05) is 24.8 Å². The summed E-state index contributed by atoms with van der Waals surface area (Å²) in [5.74, 6) is 2.08. The maximum atomic E-state index is 4.16. The third kappa shape index (κ3) is 21.5. The average Bonchev–Trinajstić information content (AvgIpc) is 2.88. The van der Waals surface area contributed by atoms with E-state index in [-0.39, 0.29) is 0 Å². The van der Waals surface area contributed by atoms with Crippen molar-refractivity contribution < 1.29 is 0 Å². The van der Waals surface area contributed by atoms with Crippen LogP contribution in [-0.4, -0.2) is 19.1 Å². The molecule has 0 radical (unpaired) electrons. The van der Waals surface area contributed by atoms with Crippen LogP contribution in [0.5, 0.6) is 0 Å². The Morgan fingerprint density at radius 1 is 0.789 bits per heavy atom. The maximum Gasteiger partial charge on any atom is 0.0269 e. The molecule has 0 spiro atoms. The molecule has 2 aromatic carbocycles. The van der Waals surface area contributed by atoms with Crippen LogP contribution < -0.4 is 10.6 Å². The number of allylic oxidation sites excluding steroid dienone is 2. The summed E-state index contributed by atoms with van der Waals surface area (Å²) in [4.78, 5) is 0. The molecule has 2 atom stereocenters. The standard InChI is InChI=1S/C21H34N2.C11H14.C4H10/c1-6-21(13-12-20-10-8-7-9-11-20)23-15-14-22-19(5)18(4)16-17(2)3;1-10(2)8-9-11-6-4-3-5-7-11;1-4(2)3/h6-11,17-18,21-23H,1,5,12-16H2,2-4H3;3-7H,1,8-9H2,2H3;4H,1-3H3. The highest BCUT2D eigenvalue weighted by Gasteiger charge is 2.09. The molecule has 212 valence electrons. The molecule has 2 nitrogen and oxygen atoms in total. The molecule has 0 amide bonds. The van der Waals surface area contributed by atoms with Crippen molar-refractivity contribution in [2.75, 3.05) is 13.1 Å². The zero-order chi connectivity index (χ0) is 28.8. The van der Waals surface area contributed by atoms with Gasteiger partial charge in [0.1, 0.15) is 0 Å². The molecule has 38 heavy (non-hydrogen) atoms. The number of aryl methyl sites for hydroxylation is 2. The molecule has 0 bridgehead atoms. The molecule has 0 saturated heterocycles. The Morgan fingerprint density at radius 3 is 1.74 bits per heavy atom. The van der Waals surface area contributed by atoms with Crippen molar-refractivity contribution in [1.29, 1.82) is 0 Å². The van der Waals surface area contributed by atoms with E-state index in [2.05, 4.69) is 133 Å². The fraction of sp³-hybridized carbons (Fsp3) is 0.500. The van der Waals surface area contributed by atoms with Crippen LogP contribution in [0.2, 0.25) is 0 Å². The molecule has 2 unspecified atom stereocenters. The third-order valence-electron chi connectivity index (χ3n) is 5.86. The zero-order valence-corrected chi connectivity index (χ0v) is 25.7. The predicted octanol–water partition coefficient (Wildman–Crippen LogP) is 9.41. The van der Waals surface area contributed by atoms with E-state index >= 15 is 0 Å². The summed E-state index contributed by atoms with van der Waals surface area (Å²) in [7, 11) is 0. The van der Waals surface area contributed by atoms with Gasteiger partial charge in [-0.3, -0.25) is 0 Å². The average molecular weight is 519 g/mol. The minimum Gasteiger partial charge on any atom is -0.387 e. The second-order valence-electron chi connectivity index (χ2n) is 11.5. The summed E-state index contributed by atoms with van der Waals surface area (Å²) in [6.07, 6.45) is 7.58. The van der Waals surface area contributed by atoms with Crippen molar-refractivity contribution in [2.45, 2.75) is 86.6 Å². The molecule has 0 aromatic heterocycles. The summed E-state index contributed by atoms with van der Waals surface area (Å²) >= 11 is 0. The van der Waals surface area contributed by atoms with Gasteiger partial charge >= 0.3 is 0 Å². The highest BCUT2D eigenvalue weighted by atomic mass is 15.0. The molecular formula is C36H58N2. The molecule has 2 heteroatoms. The van der Waals surface area contributed by atoms with Gasteiger partial charge < -0.3 is 10.6 Å². The van der Waals surface area contributed by atoms with Crippen molar-refractivity contribution in [2.24, 2.45) is 17.8 Å². The van der Waals surface area contributed by atoms with E-state index < -0.39 is 0 Å². The Labute approximate surface area is 236 Å². The Morgan fingerprint density at radius 2 is 1.29 bits per heavy atom. The quantitative estimate of drug-likeness (QED) is 0.181. The first-order valence-corrected chi connectivity index (χ1v) is 14.6. The number of hydrogen-bond donors (Lipinski definition) is 2. The van der Waals surface area contributed by atoms with E-state index in [1.807, 2.05) is 12.1 Å². The molecule has 2 rings (SSSR count). The van der Waals surface area contributed by atoms with Gasteiger partial charge in [-0.05, 0) is 67.9 Å². The number of rotatable bonds is 15. The van der Waals surface area contributed by atoms with Gasteiger partial charge in [0.15, 0.2) is 0 Å². The van der Waals surface area contributed by atoms with Gasteiger partial charge in [-0.15, -0.1) is 13.2 Å². The molecule has 2 aromatic rings. The molecular weight excluding hydrogens is 460 g/mol. The van der Waals surface area contributed by atoms with Crippen LogP contribution in [0, 0.1) is 17.8 Å². The number of hydrogen-bond acceptors (Lipinski definition) is 2. The molecule has 2 N–H and O–H groups in total. The van der Waals surface area contributed by atoms with E-state index in [1.165, 1.54) is 23.1 Å². The van der Waals surface area contributed by atoms with Crippen LogP contribution in [0.25, 0.3) is 0 Å². The largest absolute Gasteiger partial charge is 0.387 e. The lowest BCUT2D eigenvalue weighted by Crippen LogP contribution is -2.34. The summed E-state index contributed by atoms with van der Waals surface area (Å²) < 4.78 is 0. The van der Waals surface area contributed by atoms with Crippen molar-refractivity contribution in [3.05, 3.63) is 109 Å². The Balaban J connectivity index is 0.000000751. The second-order valence-corrected chi connectivity index (χ2v) is 11.5. The predicted molar refractivity (Wildman–Crippen MR) is 173 cm³/mol. The molecule has 0 saturated carbocycles. The van der Waals surface area contributed by atoms with E-state index in [9.17, 15) is 0 Å². The van der Waals surface area contributed by atoms with Crippen LogP contribution in [0.15, 0.2) is 97.7 Å². The van der Waals surface area contributed by atoms with Gasteiger partial charge in [0.25, 0.3) is 0 Å². The lowest BCUT2D eigenvalue weighted by Gasteiger charge is -2.20. The molecule has 0 heterocycles. The van der Waals surface area contributed by atoms with E-state index in [4.69, 9.17) is 0 Å². The highest BCUT2D eigenvalue weighted by Crippen LogP contribution is 2.16. The highest BCUT2D eigenvalue weighted by molar-refractivity contribution is 5.16. The van der Waals surface area contributed by atoms with Gasteiger partial charge in [-0.25, -0.2) is 0 Å². The van der Waals surface area contributed by atoms with Crippen molar-refractivity contribution in [3.63, 3.8) is 0 Å². The summed E-state index contributed by atoms with van der Waals surface area (Å²) in [5.41, 5.74) is 5.19. The Kier molecular flexibility index (Phi) is 20.9. The van der Waals surface area contributed by atoms with Crippen molar-refractivity contribution in [3.8, 4) is 0 Å². The molecule has 0 fully saturated rings. The van der Waals surface area contributed by atoms with Gasteiger partial charge in [-0.1, -0.05) is 120 Å². The Bertz CT molecular complexity index is 849. The first kappa shape index (κ1) is 35.4. The van der Waals surface area contributed by atoms with Crippen molar-refractivity contribution in [1.82, 2.24) is 10.6 Å². The molecule has 0 aliphatic heterocycles. The van der Waals surface area contributed by atoms with Crippen LogP contribution in [0.3, 0.4) is 0 Å². The van der Waals surface area contributed by atoms with Crippen LogP contribution in [0.4, 0.5) is 0 Å². The van der Waals surface area contributed by atoms with E-state index in [0.717, 1.165) is 50.4 Å². The molecule has 0 aliphatic carbocycles. The van der Waals surface area contributed by atoms with Crippen LogP contribution in [-0.2, 0) is 12.8 Å². The van der Waals surface area contributed by atoms with E-state index in [1.54, 1.807) is 0 Å². The second kappa shape index (κ2) is 22.4. The van der Waals surface area contributed by atoms with Gasteiger partial charge in [0.2, 0.25) is 0 Å². The minimum atomic E-state index is 0.360. The summed E-state index contributed by atoms with van der Waals surface area (Å²) in [6, 6.07) is 21.5. The lowest BCUT2D eigenvalue weighted by molar-refractivity contribution is 0.460. The lowest BCUT2D eigenvalue weighted by atomic mass is 9.96. The summed E-state index contributed by atoms with van der Waals surface area (Å²) in [6.45, 7) is 29.2.